The predicted molar refractivity (Wildman–Crippen MR) is 162 cm³/mol. The van der Waals surface area contributed by atoms with Gasteiger partial charge in [-0.2, -0.15) is 0 Å². The first kappa shape index (κ1) is 34.8. The number of aromatic hydroxyl groups is 1. The van der Waals surface area contributed by atoms with E-state index in [9.17, 15) is 14.7 Å². The highest BCUT2D eigenvalue weighted by Gasteiger charge is 2.13. The maximum Gasteiger partial charge on any atom is 0.273 e. The van der Waals surface area contributed by atoms with E-state index in [1.54, 1.807) is 6.07 Å². The summed E-state index contributed by atoms with van der Waals surface area (Å²) < 4.78 is 5.68. The van der Waals surface area contributed by atoms with Gasteiger partial charge in [-0.15, -0.1) is 0 Å². The van der Waals surface area contributed by atoms with Crippen molar-refractivity contribution in [2.45, 2.75) is 155 Å². The number of carbonyl (C=O) groups is 2. The van der Waals surface area contributed by atoms with E-state index in [2.05, 4.69) is 24.7 Å². The number of carbonyl (C=O) groups excluding carboxylic acids is 2. The largest absolute Gasteiger partial charge is 0.507 e. The molecule has 224 valence electrons. The molecule has 0 atom stereocenters. The third-order valence-electron chi connectivity index (χ3n) is 7.30. The molecular weight excluding hydrogens is 488 g/mol. The van der Waals surface area contributed by atoms with Crippen molar-refractivity contribution in [3.05, 3.63) is 23.8 Å². The molecule has 0 fully saturated rings. The molecule has 0 unspecified atom stereocenters. The van der Waals surface area contributed by atoms with Gasteiger partial charge >= 0.3 is 0 Å². The lowest BCUT2D eigenvalue weighted by molar-refractivity contribution is -0.122. The summed E-state index contributed by atoms with van der Waals surface area (Å²) >= 11 is 0. The van der Waals surface area contributed by atoms with E-state index in [1.165, 1.54) is 115 Å². The Bertz CT molecular complexity index is 753. The summed E-state index contributed by atoms with van der Waals surface area (Å²) in [6, 6.07) is 4.63. The SMILES string of the molecule is CCCCCCCCCCCCCCCCCC(=O)NNC(=O)c1ccc(OCCCCCCCC)cc1O. The molecule has 39 heavy (non-hydrogen) atoms. The fourth-order valence-corrected chi connectivity index (χ4v) is 4.78. The van der Waals surface area contributed by atoms with Crippen LogP contribution in [0.2, 0.25) is 0 Å². The van der Waals surface area contributed by atoms with E-state index in [0.717, 1.165) is 32.1 Å². The van der Waals surface area contributed by atoms with Gasteiger partial charge in [0.05, 0.1) is 12.2 Å². The van der Waals surface area contributed by atoms with Crippen LogP contribution in [0, 0.1) is 0 Å². The number of phenolic OH excluding ortho intramolecular Hbond substituents is 1. The zero-order valence-electron chi connectivity index (χ0n) is 25.2. The molecular formula is C33H58N2O4. The number of hydrogen-bond acceptors (Lipinski definition) is 4. The molecule has 1 rings (SSSR count). The van der Waals surface area contributed by atoms with Crippen LogP contribution in [0.3, 0.4) is 0 Å². The fourth-order valence-electron chi connectivity index (χ4n) is 4.78. The molecule has 0 aliphatic rings. The molecule has 2 amide bonds. The molecule has 0 saturated heterocycles. The van der Waals surface area contributed by atoms with E-state index < -0.39 is 5.91 Å². The predicted octanol–water partition coefficient (Wildman–Crippen LogP) is 9.15. The minimum absolute atomic E-state index is 0.106. The van der Waals surface area contributed by atoms with E-state index in [0.29, 0.717) is 18.8 Å². The Morgan fingerprint density at radius 2 is 1.10 bits per heavy atom. The van der Waals surface area contributed by atoms with Crippen molar-refractivity contribution in [1.82, 2.24) is 10.9 Å². The van der Waals surface area contributed by atoms with Gasteiger partial charge in [0.25, 0.3) is 5.91 Å². The molecule has 1 aromatic carbocycles. The first-order valence-corrected chi connectivity index (χ1v) is 16.1. The number of phenols is 1. The summed E-state index contributed by atoms with van der Waals surface area (Å²) in [5.74, 6) is -0.379. The lowest BCUT2D eigenvalue weighted by Gasteiger charge is -2.11. The smallest absolute Gasteiger partial charge is 0.273 e. The van der Waals surface area contributed by atoms with Crippen LogP contribution in [0.25, 0.3) is 0 Å². The maximum atomic E-state index is 12.4. The highest BCUT2D eigenvalue weighted by molar-refractivity contribution is 5.97. The molecule has 3 N–H and O–H groups in total. The van der Waals surface area contributed by atoms with Gasteiger partial charge in [-0.05, 0) is 25.0 Å². The Morgan fingerprint density at radius 3 is 1.59 bits per heavy atom. The van der Waals surface area contributed by atoms with Crippen molar-refractivity contribution < 1.29 is 19.4 Å². The summed E-state index contributed by atoms with van der Waals surface area (Å²) in [7, 11) is 0. The lowest BCUT2D eigenvalue weighted by Crippen LogP contribution is -2.41. The van der Waals surface area contributed by atoms with Crippen LogP contribution >= 0.6 is 0 Å². The second-order valence-corrected chi connectivity index (χ2v) is 11.0. The highest BCUT2D eigenvalue weighted by Crippen LogP contribution is 2.24. The molecule has 6 heteroatoms. The van der Waals surface area contributed by atoms with Crippen LogP contribution < -0.4 is 15.6 Å². The van der Waals surface area contributed by atoms with Gasteiger partial charge in [-0.1, -0.05) is 136 Å². The van der Waals surface area contributed by atoms with Gasteiger partial charge in [0, 0.05) is 12.5 Å². The first-order chi connectivity index (χ1) is 19.1. The normalized spacial score (nSPS) is 10.9. The Labute approximate surface area is 239 Å². The number of amides is 2. The third-order valence-corrected chi connectivity index (χ3v) is 7.30. The number of nitrogens with one attached hydrogen (secondary N) is 2. The highest BCUT2D eigenvalue weighted by atomic mass is 16.5. The molecule has 0 aliphatic carbocycles. The average molecular weight is 547 g/mol. The summed E-state index contributed by atoms with van der Waals surface area (Å²) in [5, 5.41) is 10.2. The quantitative estimate of drug-likeness (QED) is 0.0842. The average Bonchev–Trinajstić information content (AvgIpc) is 2.93. The van der Waals surface area contributed by atoms with Crippen LogP contribution in [-0.4, -0.2) is 23.5 Å². The van der Waals surface area contributed by atoms with Crippen molar-refractivity contribution in [3.8, 4) is 11.5 Å². The standard InChI is InChI=1S/C33H58N2O4/c1-3-5-7-9-11-12-13-14-15-16-17-18-19-20-22-24-32(37)34-35-33(38)30-26-25-29(28-31(30)36)39-27-23-21-10-8-6-4-2/h25-26,28,36H,3-24,27H2,1-2H3,(H,34,37)(H,35,38). The van der Waals surface area contributed by atoms with Crippen LogP contribution in [0.5, 0.6) is 11.5 Å². The minimum atomic E-state index is -0.542. The monoisotopic (exact) mass is 546 g/mol. The fraction of sp³-hybridized carbons (Fsp3) is 0.758. The zero-order chi connectivity index (χ0) is 28.4. The van der Waals surface area contributed by atoms with Gasteiger partial charge in [-0.25, -0.2) is 0 Å². The van der Waals surface area contributed by atoms with E-state index in [4.69, 9.17) is 4.74 Å². The number of benzene rings is 1. The summed E-state index contributed by atoms with van der Waals surface area (Å²) in [5.41, 5.74) is 4.96. The van der Waals surface area contributed by atoms with Crippen LogP contribution in [-0.2, 0) is 4.79 Å². The van der Waals surface area contributed by atoms with Crippen molar-refractivity contribution in [3.63, 3.8) is 0 Å². The van der Waals surface area contributed by atoms with Crippen molar-refractivity contribution in [2.24, 2.45) is 0 Å². The van der Waals surface area contributed by atoms with Gasteiger partial charge in [0.2, 0.25) is 5.91 Å². The second kappa shape index (κ2) is 24.8. The van der Waals surface area contributed by atoms with Gasteiger partial charge < -0.3 is 9.84 Å². The van der Waals surface area contributed by atoms with Crippen LogP contribution in [0.1, 0.15) is 165 Å². The van der Waals surface area contributed by atoms with Gasteiger partial charge in [0.1, 0.15) is 11.5 Å². The molecule has 6 nitrogen and oxygen atoms in total. The Kier molecular flexibility index (Phi) is 22.1. The molecule has 0 aromatic heterocycles. The van der Waals surface area contributed by atoms with Crippen LogP contribution in [0.4, 0.5) is 0 Å². The molecule has 0 radical (unpaired) electrons. The van der Waals surface area contributed by atoms with E-state index >= 15 is 0 Å². The molecule has 1 aromatic rings. The van der Waals surface area contributed by atoms with Gasteiger partial charge in [-0.3, -0.25) is 20.4 Å². The number of ether oxygens (including phenoxy) is 1. The number of unbranched alkanes of at least 4 members (excludes halogenated alkanes) is 19. The molecule has 0 aliphatic heterocycles. The summed E-state index contributed by atoms with van der Waals surface area (Å²) in [6.45, 7) is 5.06. The maximum absolute atomic E-state index is 12.4. The Hall–Kier alpha value is -2.24. The number of hydrogen-bond donors (Lipinski definition) is 3. The lowest BCUT2D eigenvalue weighted by atomic mass is 10.0. The van der Waals surface area contributed by atoms with Crippen molar-refractivity contribution in [2.75, 3.05) is 6.61 Å². The summed E-state index contributed by atoms with van der Waals surface area (Å²) in [6.07, 6.45) is 26.7. The third kappa shape index (κ3) is 19.5. The van der Waals surface area contributed by atoms with Crippen molar-refractivity contribution >= 4 is 11.8 Å². The molecule has 0 bridgehead atoms. The number of rotatable bonds is 25. The topological polar surface area (TPSA) is 87.7 Å². The first-order valence-electron chi connectivity index (χ1n) is 16.1. The van der Waals surface area contributed by atoms with Gasteiger partial charge in [0.15, 0.2) is 0 Å². The summed E-state index contributed by atoms with van der Waals surface area (Å²) in [4.78, 5) is 24.4. The molecule has 0 spiro atoms. The Balaban J connectivity index is 2.03. The second-order valence-electron chi connectivity index (χ2n) is 11.0. The molecule has 0 saturated carbocycles. The molecule has 0 heterocycles. The van der Waals surface area contributed by atoms with E-state index in [1.807, 2.05) is 0 Å². The Morgan fingerprint density at radius 1 is 0.641 bits per heavy atom. The zero-order valence-corrected chi connectivity index (χ0v) is 25.2. The minimum Gasteiger partial charge on any atom is -0.507 e. The van der Waals surface area contributed by atoms with E-state index in [-0.39, 0.29) is 17.2 Å². The van der Waals surface area contributed by atoms with Crippen LogP contribution in [0.15, 0.2) is 18.2 Å². The number of hydrazine groups is 1. The van der Waals surface area contributed by atoms with Crippen molar-refractivity contribution in [1.29, 1.82) is 0 Å².